The third-order valence-electron chi connectivity index (χ3n) is 3.13. The number of rotatable bonds is 3. The number of hydrogen-bond acceptors (Lipinski definition) is 5. The number of anilines is 1. The molecule has 23 heavy (non-hydrogen) atoms. The molecule has 0 radical (unpaired) electrons. The van der Waals surface area contributed by atoms with Crippen molar-refractivity contribution in [3.05, 3.63) is 57.6 Å². The minimum absolute atomic E-state index is 0.0860. The number of hydrogen-bond donors (Lipinski definition) is 2. The Morgan fingerprint density at radius 1 is 1.39 bits per heavy atom. The number of benzene rings is 1. The number of amides is 1. The Morgan fingerprint density at radius 3 is 2.96 bits per heavy atom. The highest BCUT2D eigenvalue weighted by atomic mass is 79.9. The molecule has 0 unspecified atom stereocenters. The fourth-order valence-corrected chi connectivity index (χ4v) is 3.34. The third kappa shape index (κ3) is 3.40. The Morgan fingerprint density at radius 2 is 2.22 bits per heavy atom. The highest BCUT2D eigenvalue weighted by Gasteiger charge is 2.16. The molecule has 116 valence electrons. The van der Waals surface area contributed by atoms with Crippen molar-refractivity contribution in [1.82, 2.24) is 9.97 Å². The van der Waals surface area contributed by atoms with Crippen molar-refractivity contribution in [1.29, 1.82) is 0 Å². The number of halogens is 1. The number of phenolic OH excluding ortho intramolecular Hbond substituents is 1. The maximum absolute atomic E-state index is 12.3. The average molecular weight is 390 g/mol. The SMILES string of the molecule is Cc1cc(Br)c(O)c(C(=O)Nc2nc(-c3cccnc3)cs2)c1. The predicted molar refractivity (Wildman–Crippen MR) is 93.8 cm³/mol. The number of carbonyl (C=O) groups excluding carboxylic acids is 1. The zero-order valence-electron chi connectivity index (χ0n) is 12.1. The third-order valence-corrected chi connectivity index (χ3v) is 4.50. The van der Waals surface area contributed by atoms with Crippen molar-refractivity contribution < 1.29 is 9.90 Å². The topological polar surface area (TPSA) is 75.1 Å². The van der Waals surface area contributed by atoms with Crippen LogP contribution in [0.1, 0.15) is 15.9 Å². The summed E-state index contributed by atoms with van der Waals surface area (Å²) in [5.74, 6) is -0.490. The van der Waals surface area contributed by atoms with Gasteiger partial charge >= 0.3 is 0 Å². The molecule has 3 rings (SSSR count). The molecule has 0 aliphatic rings. The maximum Gasteiger partial charge on any atom is 0.261 e. The van der Waals surface area contributed by atoms with Crippen LogP contribution in [0, 0.1) is 6.92 Å². The van der Waals surface area contributed by atoms with E-state index in [1.165, 1.54) is 11.3 Å². The van der Waals surface area contributed by atoms with Crippen LogP contribution in [0.5, 0.6) is 5.75 Å². The lowest BCUT2D eigenvalue weighted by Gasteiger charge is -2.07. The van der Waals surface area contributed by atoms with Gasteiger partial charge in [-0.2, -0.15) is 0 Å². The van der Waals surface area contributed by atoms with E-state index in [2.05, 4.69) is 31.2 Å². The molecule has 0 saturated carbocycles. The lowest BCUT2D eigenvalue weighted by Crippen LogP contribution is -2.12. The van der Waals surface area contributed by atoms with E-state index in [-0.39, 0.29) is 11.3 Å². The molecule has 7 heteroatoms. The molecule has 0 aliphatic carbocycles. The lowest BCUT2D eigenvalue weighted by molar-refractivity contribution is 0.102. The molecule has 2 aromatic heterocycles. The Kier molecular flexibility index (Phi) is 4.40. The minimum atomic E-state index is -0.404. The van der Waals surface area contributed by atoms with Crippen LogP contribution in [0.4, 0.5) is 5.13 Å². The van der Waals surface area contributed by atoms with Crippen molar-refractivity contribution in [3.63, 3.8) is 0 Å². The molecular weight excluding hydrogens is 378 g/mol. The van der Waals surface area contributed by atoms with Crippen LogP contribution in [0.3, 0.4) is 0 Å². The van der Waals surface area contributed by atoms with Crippen LogP contribution < -0.4 is 5.32 Å². The molecule has 5 nitrogen and oxygen atoms in total. The van der Waals surface area contributed by atoms with E-state index in [0.717, 1.165) is 16.8 Å². The van der Waals surface area contributed by atoms with Gasteiger partial charge < -0.3 is 5.11 Å². The Balaban J connectivity index is 1.83. The molecule has 2 heterocycles. The van der Waals surface area contributed by atoms with Gasteiger partial charge in [0, 0.05) is 23.3 Å². The van der Waals surface area contributed by atoms with Crippen molar-refractivity contribution in [2.24, 2.45) is 0 Å². The van der Waals surface area contributed by atoms with Crippen LogP contribution >= 0.6 is 27.3 Å². The van der Waals surface area contributed by atoms with Gasteiger partial charge in [-0.3, -0.25) is 15.1 Å². The zero-order chi connectivity index (χ0) is 16.4. The normalized spacial score (nSPS) is 10.5. The van der Waals surface area contributed by atoms with Gasteiger partial charge in [-0.05, 0) is 52.7 Å². The fourth-order valence-electron chi connectivity index (χ4n) is 2.05. The van der Waals surface area contributed by atoms with Crippen molar-refractivity contribution in [2.75, 3.05) is 5.32 Å². The molecule has 1 aromatic carbocycles. The Hall–Kier alpha value is -2.25. The standard InChI is InChI=1S/C16H12BrN3O2S/c1-9-5-11(14(21)12(17)6-9)15(22)20-16-19-13(8-23-16)10-3-2-4-18-7-10/h2-8,21H,1H3,(H,19,20,22). The summed E-state index contributed by atoms with van der Waals surface area (Å²) >= 11 is 4.55. The van der Waals surface area contributed by atoms with E-state index in [1.54, 1.807) is 24.5 Å². The van der Waals surface area contributed by atoms with Crippen LogP contribution in [0.15, 0.2) is 46.5 Å². The quantitative estimate of drug-likeness (QED) is 0.702. The summed E-state index contributed by atoms with van der Waals surface area (Å²) in [6, 6.07) is 7.10. The van der Waals surface area contributed by atoms with E-state index in [1.807, 2.05) is 24.4 Å². The molecule has 0 spiro atoms. The van der Waals surface area contributed by atoms with Gasteiger partial charge in [0.25, 0.3) is 5.91 Å². The summed E-state index contributed by atoms with van der Waals surface area (Å²) in [6.07, 6.45) is 3.40. The summed E-state index contributed by atoms with van der Waals surface area (Å²) in [5, 5.41) is 15.0. The maximum atomic E-state index is 12.3. The van der Waals surface area contributed by atoms with Crippen LogP contribution in [-0.2, 0) is 0 Å². The molecule has 0 fully saturated rings. The minimum Gasteiger partial charge on any atom is -0.506 e. The van der Waals surface area contributed by atoms with E-state index in [4.69, 9.17) is 0 Å². The van der Waals surface area contributed by atoms with Gasteiger partial charge in [-0.15, -0.1) is 11.3 Å². The van der Waals surface area contributed by atoms with Gasteiger partial charge in [-0.25, -0.2) is 4.98 Å². The number of carbonyl (C=O) groups is 1. The number of nitrogens with one attached hydrogen (secondary N) is 1. The van der Waals surface area contributed by atoms with Crippen molar-refractivity contribution in [3.8, 4) is 17.0 Å². The first-order chi connectivity index (χ1) is 11.0. The van der Waals surface area contributed by atoms with Crippen molar-refractivity contribution in [2.45, 2.75) is 6.92 Å². The second-order valence-electron chi connectivity index (χ2n) is 4.88. The van der Waals surface area contributed by atoms with Gasteiger partial charge in [0.05, 0.1) is 15.7 Å². The number of aromatic hydroxyl groups is 1. The summed E-state index contributed by atoms with van der Waals surface area (Å²) in [7, 11) is 0. The lowest BCUT2D eigenvalue weighted by atomic mass is 10.1. The summed E-state index contributed by atoms with van der Waals surface area (Å²) in [4.78, 5) is 20.8. The van der Waals surface area contributed by atoms with Crippen LogP contribution in [-0.4, -0.2) is 21.0 Å². The molecule has 0 saturated heterocycles. The number of thiazole rings is 1. The second-order valence-corrected chi connectivity index (χ2v) is 6.59. The van der Waals surface area contributed by atoms with Gasteiger partial charge in [-0.1, -0.05) is 0 Å². The number of pyridine rings is 1. The number of phenols is 1. The first-order valence-electron chi connectivity index (χ1n) is 6.71. The Labute approximate surface area is 145 Å². The molecule has 0 aliphatic heterocycles. The summed E-state index contributed by atoms with van der Waals surface area (Å²) < 4.78 is 0.484. The van der Waals surface area contributed by atoms with Gasteiger partial charge in [0.15, 0.2) is 5.13 Å². The number of aromatic nitrogens is 2. The molecule has 0 bridgehead atoms. The zero-order valence-corrected chi connectivity index (χ0v) is 14.5. The summed E-state index contributed by atoms with van der Waals surface area (Å²) in [5.41, 5.74) is 2.70. The van der Waals surface area contributed by atoms with E-state index in [0.29, 0.717) is 9.60 Å². The molecule has 3 aromatic rings. The largest absolute Gasteiger partial charge is 0.506 e. The van der Waals surface area contributed by atoms with Crippen LogP contribution in [0.2, 0.25) is 0 Å². The smallest absolute Gasteiger partial charge is 0.261 e. The van der Waals surface area contributed by atoms with E-state index >= 15 is 0 Å². The van der Waals surface area contributed by atoms with Crippen LogP contribution in [0.25, 0.3) is 11.3 Å². The van der Waals surface area contributed by atoms with E-state index < -0.39 is 5.91 Å². The monoisotopic (exact) mass is 389 g/mol. The fraction of sp³-hybridized carbons (Fsp3) is 0.0625. The van der Waals surface area contributed by atoms with Crippen molar-refractivity contribution >= 4 is 38.3 Å². The summed E-state index contributed by atoms with van der Waals surface area (Å²) in [6.45, 7) is 1.85. The van der Waals surface area contributed by atoms with Gasteiger partial charge in [0.2, 0.25) is 0 Å². The Bertz CT molecular complexity index is 865. The molecule has 0 atom stereocenters. The number of nitrogens with zero attached hydrogens (tertiary/aromatic N) is 2. The first-order valence-corrected chi connectivity index (χ1v) is 8.38. The first kappa shape index (κ1) is 15.6. The highest BCUT2D eigenvalue weighted by molar-refractivity contribution is 9.10. The average Bonchev–Trinajstić information content (AvgIpc) is 3.00. The van der Waals surface area contributed by atoms with E-state index in [9.17, 15) is 9.90 Å². The second kappa shape index (κ2) is 6.47. The molecule has 1 amide bonds. The molecular formula is C16H12BrN3O2S. The predicted octanol–water partition coefficient (Wildman–Crippen LogP) is 4.23. The molecule has 2 N–H and O–H groups in total. The number of aryl methyl sites for hydroxylation is 1. The highest BCUT2D eigenvalue weighted by Crippen LogP contribution is 2.30. The van der Waals surface area contributed by atoms with Gasteiger partial charge in [0.1, 0.15) is 5.75 Å².